The molecule has 2 aromatic heterocycles. The molecule has 0 unspecified atom stereocenters. The van der Waals surface area contributed by atoms with Crippen molar-refractivity contribution in [1.82, 2.24) is 9.38 Å². The molecule has 0 radical (unpaired) electrons. The monoisotopic (exact) mass is 340 g/mol. The van der Waals surface area contributed by atoms with Crippen LogP contribution in [0.15, 0.2) is 52.8 Å². The van der Waals surface area contributed by atoms with Gasteiger partial charge < -0.3 is 14.9 Å². The van der Waals surface area contributed by atoms with Crippen molar-refractivity contribution >= 4 is 23.1 Å². The van der Waals surface area contributed by atoms with Crippen molar-refractivity contribution in [2.45, 2.75) is 13.3 Å². The molecule has 0 spiro atoms. The zero-order chi connectivity index (χ0) is 17.8. The molecule has 8 nitrogen and oxygen atoms in total. The average molecular weight is 340 g/mol. The van der Waals surface area contributed by atoms with Crippen molar-refractivity contribution in [3.63, 3.8) is 0 Å². The molecule has 128 valence electrons. The molecule has 0 fully saturated rings. The molecule has 3 rings (SSSR count). The van der Waals surface area contributed by atoms with E-state index in [0.29, 0.717) is 12.3 Å². The number of pyridine rings is 1. The van der Waals surface area contributed by atoms with Crippen LogP contribution in [0.1, 0.15) is 12.6 Å². The van der Waals surface area contributed by atoms with E-state index in [9.17, 15) is 9.90 Å². The second kappa shape index (κ2) is 7.00. The Labute approximate surface area is 143 Å². The van der Waals surface area contributed by atoms with Crippen LogP contribution in [0.4, 0.5) is 11.5 Å². The highest BCUT2D eigenvalue weighted by molar-refractivity contribution is 5.73. The lowest BCUT2D eigenvalue weighted by molar-refractivity contribution is -0.136. The first-order chi connectivity index (χ1) is 12.1. The van der Waals surface area contributed by atoms with Gasteiger partial charge in [-0.2, -0.15) is 0 Å². The van der Waals surface area contributed by atoms with Crippen LogP contribution in [0.3, 0.4) is 0 Å². The number of ether oxygens (including phenoxy) is 1. The smallest absolute Gasteiger partial charge is 0.309 e. The number of carboxylic acid groups (broad SMARTS) is 1. The molecule has 0 bridgehead atoms. The molecule has 0 aliphatic heterocycles. The lowest BCUT2D eigenvalue weighted by Gasteiger charge is -2.02. The van der Waals surface area contributed by atoms with Gasteiger partial charge in [0.25, 0.3) is 0 Å². The largest absolute Gasteiger partial charge is 0.504 e. The van der Waals surface area contributed by atoms with E-state index in [1.54, 1.807) is 36.5 Å². The van der Waals surface area contributed by atoms with E-state index < -0.39 is 5.97 Å². The maximum Gasteiger partial charge on any atom is 0.309 e. The van der Waals surface area contributed by atoms with Gasteiger partial charge in [0.15, 0.2) is 17.2 Å². The molecule has 0 aliphatic rings. The lowest BCUT2D eigenvalue weighted by atomic mass is 10.3. The first kappa shape index (κ1) is 16.4. The number of aliphatic carboxylic acids is 1. The zero-order valence-electron chi connectivity index (χ0n) is 13.5. The van der Waals surface area contributed by atoms with Gasteiger partial charge in [0.2, 0.25) is 0 Å². The minimum absolute atomic E-state index is 0.0587. The van der Waals surface area contributed by atoms with Gasteiger partial charge in [0.1, 0.15) is 5.75 Å². The number of aromatic nitrogens is 2. The van der Waals surface area contributed by atoms with Gasteiger partial charge in [0.05, 0.1) is 24.4 Å². The number of fused-ring (bicyclic) bond motifs is 1. The number of hydrogen-bond donors (Lipinski definition) is 2. The van der Waals surface area contributed by atoms with E-state index in [-0.39, 0.29) is 29.3 Å². The number of nitrogens with zero attached hydrogens (tertiary/aromatic N) is 4. The third-order valence-electron chi connectivity index (χ3n) is 3.40. The molecule has 0 saturated heterocycles. The van der Waals surface area contributed by atoms with Crippen molar-refractivity contribution in [2.75, 3.05) is 6.61 Å². The number of aromatic hydroxyl groups is 1. The number of carboxylic acids is 1. The fourth-order valence-electron chi connectivity index (χ4n) is 2.34. The summed E-state index contributed by atoms with van der Waals surface area (Å²) < 4.78 is 6.87. The van der Waals surface area contributed by atoms with E-state index in [1.165, 1.54) is 10.5 Å². The van der Waals surface area contributed by atoms with Crippen molar-refractivity contribution in [3.8, 4) is 11.5 Å². The van der Waals surface area contributed by atoms with E-state index in [0.717, 1.165) is 5.75 Å². The van der Waals surface area contributed by atoms with Crippen LogP contribution in [0.5, 0.6) is 11.5 Å². The topological polar surface area (TPSA) is 109 Å². The number of benzene rings is 1. The number of carbonyl (C=O) groups is 1. The Kier molecular flexibility index (Phi) is 4.60. The van der Waals surface area contributed by atoms with E-state index >= 15 is 0 Å². The Hall–Kier alpha value is -3.42. The van der Waals surface area contributed by atoms with Crippen molar-refractivity contribution in [2.24, 2.45) is 10.2 Å². The fraction of sp³-hybridized carbons (Fsp3) is 0.176. The first-order valence-corrected chi connectivity index (χ1v) is 7.63. The van der Waals surface area contributed by atoms with Gasteiger partial charge in [-0.3, -0.25) is 9.20 Å². The minimum atomic E-state index is -1.04. The second-order valence-corrected chi connectivity index (χ2v) is 5.17. The van der Waals surface area contributed by atoms with Crippen LogP contribution < -0.4 is 4.74 Å². The van der Waals surface area contributed by atoms with Crippen LogP contribution in [0, 0.1) is 0 Å². The van der Waals surface area contributed by atoms with Crippen LogP contribution in [0.2, 0.25) is 0 Å². The van der Waals surface area contributed by atoms with Crippen LogP contribution in [-0.2, 0) is 11.2 Å². The summed E-state index contributed by atoms with van der Waals surface area (Å²) in [7, 11) is 0. The van der Waals surface area contributed by atoms with E-state index in [1.807, 2.05) is 6.92 Å². The molecule has 1 aromatic carbocycles. The number of hydrogen-bond acceptors (Lipinski definition) is 6. The zero-order valence-corrected chi connectivity index (χ0v) is 13.5. The summed E-state index contributed by atoms with van der Waals surface area (Å²) in [6.07, 6.45) is 1.32. The summed E-state index contributed by atoms with van der Waals surface area (Å²) in [6.45, 7) is 2.47. The molecule has 3 aromatic rings. The van der Waals surface area contributed by atoms with Gasteiger partial charge in [-0.1, -0.05) is 0 Å². The standard InChI is InChI=1S/C17H16N4O4/c1-2-25-12-7-5-11(6-8-12)19-20-16-13(10-15(23)24)18-17-14(22)4-3-9-21(16)17/h3-9,22H,2,10H2,1H3,(H,23,24). The third kappa shape index (κ3) is 3.57. The summed E-state index contributed by atoms with van der Waals surface area (Å²) in [6, 6.07) is 10.1. The van der Waals surface area contributed by atoms with Gasteiger partial charge in [-0.15, -0.1) is 10.2 Å². The fourth-order valence-corrected chi connectivity index (χ4v) is 2.34. The quantitative estimate of drug-likeness (QED) is 0.668. The highest BCUT2D eigenvalue weighted by Crippen LogP contribution is 2.29. The lowest BCUT2D eigenvalue weighted by Crippen LogP contribution is -2.00. The Morgan fingerprint density at radius 3 is 2.68 bits per heavy atom. The Balaban J connectivity index is 1.98. The molecular formula is C17H16N4O4. The molecule has 25 heavy (non-hydrogen) atoms. The van der Waals surface area contributed by atoms with Crippen molar-refractivity contribution < 1.29 is 19.7 Å². The molecule has 8 heteroatoms. The van der Waals surface area contributed by atoms with E-state index in [2.05, 4.69) is 15.2 Å². The number of azo groups is 1. The van der Waals surface area contributed by atoms with Gasteiger partial charge >= 0.3 is 5.97 Å². The van der Waals surface area contributed by atoms with E-state index in [4.69, 9.17) is 9.84 Å². The van der Waals surface area contributed by atoms with Crippen LogP contribution in [-0.4, -0.2) is 32.2 Å². The Bertz CT molecular complexity index is 932. The maximum absolute atomic E-state index is 11.1. The van der Waals surface area contributed by atoms with Crippen molar-refractivity contribution in [3.05, 3.63) is 48.3 Å². The van der Waals surface area contributed by atoms with Crippen LogP contribution >= 0.6 is 0 Å². The highest BCUT2D eigenvalue weighted by atomic mass is 16.5. The molecule has 2 heterocycles. The maximum atomic E-state index is 11.1. The molecule has 0 atom stereocenters. The third-order valence-corrected chi connectivity index (χ3v) is 3.40. The average Bonchev–Trinajstić information content (AvgIpc) is 2.93. The van der Waals surface area contributed by atoms with Gasteiger partial charge in [-0.05, 0) is 43.3 Å². The summed E-state index contributed by atoms with van der Waals surface area (Å²) in [5, 5.41) is 27.2. The molecular weight excluding hydrogens is 324 g/mol. The number of imidazole rings is 1. The predicted molar refractivity (Wildman–Crippen MR) is 90.0 cm³/mol. The van der Waals surface area contributed by atoms with Gasteiger partial charge in [0, 0.05) is 6.20 Å². The number of rotatable bonds is 6. The second-order valence-electron chi connectivity index (χ2n) is 5.17. The van der Waals surface area contributed by atoms with Crippen molar-refractivity contribution in [1.29, 1.82) is 0 Å². The Morgan fingerprint density at radius 2 is 2.00 bits per heavy atom. The predicted octanol–water partition coefficient (Wildman–Crippen LogP) is 3.48. The van der Waals surface area contributed by atoms with Gasteiger partial charge in [-0.25, -0.2) is 4.98 Å². The molecule has 0 saturated carbocycles. The Morgan fingerprint density at radius 1 is 1.24 bits per heavy atom. The van der Waals surface area contributed by atoms with Crippen LogP contribution in [0.25, 0.3) is 5.65 Å². The SMILES string of the molecule is CCOc1ccc(N=Nc2c(CC(=O)O)nc3c(O)cccn23)cc1. The minimum Gasteiger partial charge on any atom is -0.504 e. The summed E-state index contributed by atoms with van der Waals surface area (Å²) in [5.41, 5.74) is 1.04. The summed E-state index contributed by atoms with van der Waals surface area (Å²) in [5.74, 6) is -0.105. The highest BCUT2D eigenvalue weighted by Gasteiger charge is 2.16. The molecule has 0 aliphatic carbocycles. The summed E-state index contributed by atoms with van der Waals surface area (Å²) >= 11 is 0. The molecule has 0 amide bonds. The first-order valence-electron chi connectivity index (χ1n) is 7.63. The molecule has 2 N–H and O–H groups in total. The summed E-state index contributed by atoms with van der Waals surface area (Å²) in [4.78, 5) is 15.2. The normalized spacial score (nSPS) is 11.2.